The van der Waals surface area contributed by atoms with Crippen LogP contribution < -0.4 is 9.30 Å². The van der Waals surface area contributed by atoms with E-state index in [4.69, 9.17) is 4.74 Å². The number of nitrogens with zero attached hydrogens (tertiary/aromatic N) is 1. The van der Waals surface area contributed by atoms with Crippen LogP contribution in [0.3, 0.4) is 0 Å². The van der Waals surface area contributed by atoms with Gasteiger partial charge in [0.15, 0.2) is 6.20 Å². The Balaban J connectivity index is 1.63. The summed E-state index contributed by atoms with van der Waals surface area (Å²) in [5.74, 6) is 2.92. The molecule has 2 aliphatic rings. The third-order valence-electron chi connectivity index (χ3n) is 7.06. The van der Waals surface area contributed by atoms with Gasteiger partial charge in [0.1, 0.15) is 18.5 Å². The van der Waals surface area contributed by atoms with Crippen molar-refractivity contribution in [2.24, 2.45) is 13.0 Å². The van der Waals surface area contributed by atoms with Crippen molar-refractivity contribution in [2.75, 3.05) is 0 Å². The average molecular weight is 401 g/mol. The largest absolute Gasteiger partial charge is 0.455 e. The first-order chi connectivity index (χ1) is 14.1. The predicted molar refractivity (Wildman–Crippen MR) is 121 cm³/mol. The van der Waals surface area contributed by atoms with Gasteiger partial charge in [0, 0.05) is 16.3 Å². The molecule has 1 aliphatic heterocycles. The number of ether oxygens (including phenoxy) is 1. The molecule has 29 heavy (non-hydrogen) atoms. The zero-order valence-corrected chi connectivity index (χ0v) is 18.2. The number of thiophene rings is 1. The van der Waals surface area contributed by atoms with Crippen LogP contribution in [0.15, 0.2) is 35.8 Å². The zero-order valence-electron chi connectivity index (χ0n) is 17.3. The van der Waals surface area contributed by atoms with Crippen LogP contribution in [0.25, 0.3) is 32.1 Å². The quantitative estimate of drug-likeness (QED) is 0.291. The lowest BCUT2D eigenvalue weighted by Gasteiger charge is -2.24. The molecule has 3 heteroatoms. The summed E-state index contributed by atoms with van der Waals surface area (Å²) in [6.45, 7) is 4.46. The van der Waals surface area contributed by atoms with E-state index < -0.39 is 0 Å². The van der Waals surface area contributed by atoms with Crippen molar-refractivity contribution < 1.29 is 9.30 Å². The van der Waals surface area contributed by atoms with Gasteiger partial charge in [-0.25, -0.2) is 4.57 Å². The third kappa shape index (κ3) is 2.50. The summed E-state index contributed by atoms with van der Waals surface area (Å²) >= 11 is 1.82. The van der Waals surface area contributed by atoms with Crippen molar-refractivity contribution in [3.8, 4) is 22.8 Å². The summed E-state index contributed by atoms with van der Waals surface area (Å²) in [5.41, 5.74) is 6.57. The number of benzene rings is 2. The van der Waals surface area contributed by atoms with Gasteiger partial charge in [0.25, 0.3) is 0 Å². The van der Waals surface area contributed by atoms with Crippen molar-refractivity contribution in [1.29, 1.82) is 0 Å². The Morgan fingerprint density at radius 1 is 1.10 bits per heavy atom. The minimum atomic E-state index is 0.838. The Bertz CT molecular complexity index is 1290. The lowest BCUT2D eigenvalue weighted by molar-refractivity contribution is -0.659. The van der Waals surface area contributed by atoms with Crippen LogP contribution in [0, 0.1) is 19.8 Å². The normalized spacial score (nSPS) is 15.8. The maximum absolute atomic E-state index is 6.69. The maximum atomic E-state index is 6.69. The zero-order chi connectivity index (χ0) is 19.7. The highest BCUT2D eigenvalue weighted by atomic mass is 32.1. The second kappa shape index (κ2) is 6.30. The SMILES string of the molecule is Cc1c2c(c(C)c3sccc13)Oc1cc(CC3CCCC3)cc3cc[n+](C)c-2c13. The van der Waals surface area contributed by atoms with Gasteiger partial charge in [0.05, 0.1) is 10.9 Å². The molecule has 3 heterocycles. The fourth-order valence-electron chi connectivity index (χ4n) is 5.58. The van der Waals surface area contributed by atoms with Crippen LogP contribution in [0.2, 0.25) is 0 Å². The highest BCUT2D eigenvalue weighted by molar-refractivity contribution is 7.17. The molecule has 1 saturated carbocycles. The van der Waals surface area contributed by atoms with E-state index in [2.05, 4.69) is 61.3 Å². The van der Waals surface area contributed by atoms with Crippen LogP contribution in [0.1, 0.15) is 42.4 Å². The van der Waals surface area contributed by atoms with Crippen molar-refractivity contribution in [3.63, 3.8) is 0 Å². The van der Waals surface area contributed by atoms with Gasteiger partial charge >= 0.3 is 0 Å². The molecule has 0 atom stereocenters. The first-order valence-corrected chi connectivity index (χ1v) is 11.6. The lowest BCUT2D eigenvalue weighted by atomic mass is 9.90. The molecule has 1 aliphatic carbocycles. The fourth-order valence-corrected chi connectivity index (χ4v) is 6.54. The molecular weight excluding hydrogens is 374 g/mol. The Kier molecular flexibility index (Phi) is 3.80. The molecule has 2 aromatic carbocycles. The van der Waals surface area contributed by atoms with E-state index in [1.807, 2.05) is 11.3 Å². The Morgan fingerprint density at radius 3 is 2.76 bits per heavy atom. The minimum absolute atomic E-state index is 0.838. The van der Waals surface area contributed by atoms with E-state index in [-0.39, 0.29) is 0 Å². The Hall–Kier alpha value is -2.39. The average Bonchev–Trinajstić information content (AvgIpc) is 3.40. The van der Waals surface area contributed by atoms with Gasteiger partial charge in [-0.05, 0) is 65.6 Å². The molecule has 0 N–H and O–H groups in total. The fraction of sp³-hybridized carbons (Fsp3) is 0.346. The van der Waals surface area contributed by atoms with Gasteiger partial charge in [-0.3, -0.25) is 0 Å². The number of hydrogen-bond acceptors (Lipinski definition) is 2. The van der Waals surface area contributed by atoms with Gasteiger partial charge in [-0.2, -0.15) is 0 Å². The number of rotatable bonds is 2. The molecule has 1 fully saturated rings. The molecule has 0 bridgehead atoms. The van der Waals surface area contributed by atoms with Crippen LogP contribution in [-0.4, -0.2) is 0 Å². The number of fused-ring (bicyclic) bond motifs is 3. The number of pyridine rings is 1. The Labute approximate surface area is 175 Å². The molecule has 2 aromatic heterocycles. The summed E-state index contributed by atoms with van der Waals surface area (Å²) in [6, 6.07) is 9.23. The van der Waals surface area contributed by atoms with Crippen LogP contribution in [0.4, 0.5) is 0 Å². The first-order valence-electron chi connectivity index (χ1n) is 10.8. The van der Waals surface area contributed by atoms with Gasteiger partial charge < -0.3 is 4.74 Å². The van der Waals surface area contributed by atoms with Crippen LogP contribution >= 0.6 is 11.3 Å². The molecule has 0 unspecified atom stereocenters. The summed E-state index contributed by atoms with van der Waals surface area (Å²) in [5, 5.41) is 6.11. The minimum Gasteiger partial charge on any atom is -0.455 e. The Morgan fingerprint density at radius 2 is 1.93 bits per heavy atom. The summed E-state index contributed by atoms with van der Waals surface area (Å²) < 4.78 is 10.3. The molecule has 6 rings (SSSR count). The van der Waals surface area contributed by atoms with E-state index in [1.54, 1.807) is 0 Å². The van der Waals surface area contributed by atoms with Crippen molar-refractivity contribution >= 4 is 32.2 Å². The van der Waals surface area contributed by atoms with Crippen LogP contribution in [0.5, 0.6) is 11.5 Å². The standard InChI is InChI=1S/C26H26NOS/c1-15-20-9-11-29-26(20)16(2)25-22(15)24-23-19(8-10-27(24)3)13-18(14-21(23)28-25)12-17-6-4-5-7-17/h8-11,13-14,17H,4-7,12H2,1-3H3/q+1. The number of hydrogen-bond donors (Lipinski definition) is 0. The molecular formula is C26H26NOS+. The van der Waals surface area contributed by atoms with E-state index >= 15 is 0 Å². The molecule has 4 aromatic rings. The summed E-state index contributed by atoms with van der Waals surface area (Å²) in [4.78, 5) is 0. The third-order valence-corrected chi connectivity index (χ3v) is 8.09. The predicted octanol–water partition coefficient (Wildman–Crippen LogP) is 7.00. The number of aromatic nitrogens is 1. The van der Waals surface area contributed by atoms with Crippen molar-refractivity contribution in [2.45, 2.75) is 46.0 Å². The molecule has 146 valence electrons. The van der Waals surface area contributed by atoms with Crippen LogP contribution in [-0.2, 0) is 13.5 Å². The van der Waals surface area contributed by atoms with Crippen molar-refractivity contribution in [1.82, 2.24) is 0 Å². The monoisotopic (exact) mass is 400 g/mol. The molecule has 0 amide bonds. The summed E-state index contributed by atoms with van der Waals surface area (Å²) in [6.07, 6.45) is 8.93. The topological polar surface area (TPSA) is 13.1 Å². The second-order valence-corrected chi connectivity index (χ2v) is 9.82. The lowest BCUT2D eigenvalue weighted by Crippen LogP contribution is -2.32. The molecule has 0 saturated heterocycles. The molecule has 0 spiro atoms. The van der Waals surface area contributed by atoms with E-state index in [1.165, 1.54) is 80.9 Å². The van der Waals surface area contributed by atoms with E-state index in [9.17, 15) is 0 Å². The van der Waals surface area contributed by atoms with Gasteiger partial charge in [0.2, 0.25) is 5.69 Å². The molecule has 2 nitrogen and oxygen atoms in total. The van der Waals surface area contributed by atoms with E-state index in [0.29, 0.717) is 0 Å². The highest BCUT2D eigenvalue weighted by Crippen LogP contribution is 2.51. The maximum Gasteiger partial charge on any atom is 0.228 e. The summed E-state index contributed by atoms with van der Waals surface area (Å²) in [7, 11) is 2.16. The first kappa shape index (κ1) is 17.5. The highest BCUT2D eigenvalue weighted by Gasteiger charge is 2.32. The van der Waals surface area contributed by atoms with Crippen molar-refractivity contribution in [3.05, 3.63) is 52.5 Å². The number of aryl methyl sites for hydroxylation is 3. The second-order valence-electron chi connectivity index (χ2n) is 8.91. The molecule has 0 radical (unpaired) electrons. The van der Waals surface area contributed by atoms with E-state index in [0.717, 1.165) is 17.4 Å². The van der Waals surface area contributed by atoms with Gasteiger partial charge in [-0.15, -0.1) is 11.3 Å². The van der Waals surface area contributed by atoms with Gasteiger partial charge in [-0.1, -0.05) is 31.7 Å². The smallest absolute Gasteiger partial charge is 0.228 e.